The molecule has 1 N–H and O–H groups in total. The van der Waals surface area contributed by atoms with Crippen LogP contribution < -0.4 is 9.47 Å². The van der Waals surface area contributed by atoms with E-state index >= 15 is 0 Å². The summed E-state index contributed by atoms with van der Waals surface area (Å²) in [6, 6.07) is 5.56. The van der Waals surface area contributed by atoms with Crippen molar-refractivity contribution < 1.29 is 19.4 Å². The highest BCUT2D eigenvalue weighted by atomic mass is 16.5. The van der Waals surface area contributed by atoms with Gasteiger partial charge in [0.1, 0.15) is 5.76 Å². The monoisotopic (exact) mass is 331 g/mol. The Morgan fingerprint density at radius 2 is 1.88 bits per heavy atom. The highest BCUT2D eigenvalue weighted by molar-refractivity contribution is 6.24. The Bertz CT molecular complexity index is 661. The zero-order valence-corrected chi connectivity index (χ0v) is 14.6. The molecule has 0 unspecified atom stereocenters. The largest absolute Gasteiger partial charge is 0.511 e. The van der Waals surface area contributed by atoms with E-state index in [-0.39, 0.29) is 18.0 Å². The Labute approximate surface area is 143 Å². The average molecular weight is 331 g/mol. The molecular weight excluding hydrogens is 306 g/mol. The van der Waals surface area contributed by atoms with Crippen molar-refractivity contribution in [2.75, 3.05) is 20.3 Å². The Hall–Kier alpha value is -2.30. The number of carbonyl (C=O) groups excluding carboxylic acids is 1. The number of benzene rings is 1. The lowest BCUT2D eigenvalue weighted by molar-refractivity contribution is -0.115. The number of aliphatic hydroxyl groups is 1. The Kier molecular flexibility index (Phi) is 6.41. The highest BCUT2D eigenvalue weighted by Gasteiger charge is 2.25. The van der Waals surface area contributed by atoms with E-state index in [0.29, 0.717) is 42.4 Å². The number of allylic oxidation sites excluding steroid dienone is 2. The maximum Gasteiger partial charge on any atom is 0.168 e. The SMILES string of the molecule is CCOc1ccc(CC(O)=C2C(=O)CCCC2=NC)cc1OCC. The minimum atomic E-state index is -0.0321. The molecule has 24 heavy (non-hydrogen) atoms. The third-order valence-corrected chi connectivity index (χ3v) is 3.92. The molecule has 5 nitrogen and oxygen atoms in total. The van der Waals surface area contributed by atoms with Crippen molar-refractivity contribution in [2.45, 2.75) is 39.5 Å². The van der Waals surface area contributed by atoms with Crippen molar-refractivity contribution in [2.24, 2.45) is 4.99 Å². The van der Waals surface area contributed by atoms with Crippen molar-refractivity contribution in [3.05, 3.63) is 35.1 Å². The first kappa shape index (κ1) is 18.0. The molecule has 0 atom stereocenters. The van der Waals surface area contributed by atoms with Gasteiger partial charge in [-0.15, -0.1) is 0 Å². The van der Waals surface area contributed by atoms with E-state index in [9.17, 15) is 9.90 Å². The van der Waals surface area contributed by atoms with Crippen LogP contribution in [0.1, 0.15) is 38.7 Å². The number of ketones is 1. The van der Waals surface area contributed by atoms with Crippen LogP contribution in [0.25, 0.3) is 0 Å². The van der Waals surface area contributed by atoms with Crippen molar-refractivity contribution in [1.82, 2.24) is 0 Å². The van der Waals surface area contributed by atoms with E-state index in [2.05, 4.69) is 4.99 Å². The van der Waals surface area contributed by atoms with Gasteiger partial charge in [0.2, 0.25) is 0 Å². The number of aliphatic hydroxyl groups excluding tert-OH is 1. The molecule has 0 heterocycles. The molecule has 0 aliphatic heterocycles. The van der Waals surface area contributed by atoms with Gasteiger partial charge in [-0.25, -0.2) is 0 Å². The summed E-state index contributed by atoms with van der Waals surface area (Å²) >= 11 is 0. The summed E-state index contributed by atoms with van der Waals surface area (Å²) in [5, 5.41) is 10.5. The van der Waals surface area contributed by atoms with Crippen molar-refractivity contribution in [3.63, 3.8) is 0 Å². The van der Waals surface area contributed by atoms with Crippen molar-refractivity contribution in [1.29, 1.82) is 0 Å². The summed E-state index contributed by atoms with van der Waals surface area (Å²) in [5.74, 6) is 1.37. The van der Waals surface area contributed by atoms with Crippen LogP contribution in [0.5, 0.6) is 11.5 Å². The maximum absolute atomic E-state index is 12.2. The zero-order chi connectivity index (χ0) is 17.5. The molecule has 1 aromatic carbocycles. The molecular formula is C19H25NO4. The fourth-order valence-electron chi connectivity index (χ4n) is 2.87. The minimum absolute atomic E-state index is 0.0321. The fraction of sp³-hybridized carbons (Fsp3) is 0.474. The molecule has 2 rings (SSSR count). The summed E-state index contributed by atoms with van der Waals surface area (Å²) in [5.41, 5.74) is 1.94. The normalized spacial score (nSPS) is 18.6. The van der Waals surface area contributed by atoms with Gasteiger partial charge < -0.3 is 14.6 Å². The zero-order valence-electron chi connectivity index (χ0n) is 14.6. The van der Waals surface area contributed by atoms with Crippen LogP contribution in [0.3, 0.4) is 0 Å². The number of ether oxygens (including phenoxy) is 2. The van der Waals surface area contributed by atoms with Gasteiger partial charge in [0.05, 0.1) is 18.8 Å². The third kappa shape index (κ3) is 4.16. The second-order valence-corrected chi connectivity index (χ2v) is 5.59. The van der Waals surface area contributed by atoms with E-state index in [4.69, 9.17) is 9.47 Å². The minimum Gasteiger partial charge on any atom is -0.511 e. The van der Waals surface area contributed by atoms with Crippen LogP contribution in [-0.2, 0) is 11.2 Å². The molecule has 1 saturated carbocycles. The van der Waals surface area contributed by atoms with Crippen LogP contribution in [0, 0.1) is 0 Å². The van der Waals surface area contributed by atoms with Crippen molar-refractivity contribution >= 4 is 11.5 Å². The highest BCUT2D eigenvalue weighted by Crippen LogP contribution is 2.30. The Morgan fingerprint density at radius 1 is 1.17 bits per heavy atom. The molecule has 0 bridgehead atoms. The second kappa shape index (κ2) is 8.52. The first-order valence-corrected chi connectivity index (χ1v) is 8.40. The number of hydrogen-bond donors (Lipinski definition) is 1. The molecule has 1 aliphatic carbocycles. The maximum atomic E-state index is 12.2. The van der Waals surface area contributed by atoms with Gasteiger partial charge in [-0.1, -0.05) is 6.07 Å². The molecule has 1 aliphatic rings. The Balaban J connectivity index is 2.30. The summed E-state index contributed by atoms with van der Waals surface area (Å²) in [4.78, 5) is 16.3. The summed E-state index contributed by atoms with van der Waals surface area (Å²) in [6.45, 7) is 4.91. The van der Waals surface area contributed by atoms with Gasteiger partial charge in [-0.2, -0.15) is 0 Å². The van der Waals surface area contributed by atoms with Crippen LogP contribution >= 0.6 is 0 Å². The van der Waals surface area contributed by atoms with Gasteiger partial charge in [-0.05, 0) is 44.4 Å². The summed E-state index contributed by atoms with van der Waals surface area (Å²) < 4.78 is 11.2. The fourth-order valence-corrected chi connectivity index (χ4v) is 2.87. The summed E-state index contributed by atoms with van der Waals surface area (Å²) in [7, 11) is 1.66. The molecule has 0 amide bonds. The van der Waals surface area contributed by atoms with Crippen LogP contribution in [0.2, 0.25) is 0 Å². The molecule has 1 fully saturated rings. The predicted molar refractivity (Wildman–Crippen MR) is 94.4 cm³/mol. The topological polar surface area (TPSA) is 68.1 Å². The van der Waals surface area contributed by atoms with Crippen LogP contribution in [0.4, 0.5) is 0 Å². The van der Waals surface area contributed by atoms with Gasteiger partial charge in [0.15, 0.2) is 17.3 Å². The Morgan fingerprint density at radius 3 is 2.54 bits per heavy atom. The smallest absolute Gasteiger partial charge is 0.168 e. The lowest BCUT2D eigenvalue weighted by atomic mass is 9.89. The van der Waals surface area contributed by atoms with E-state index < -0.39 is 0 Å². The number of carbonyl (C=O) groups is 1. The van der Waals surface area contributed by atoms with E-state index in [1.807, 2.05) is 32.0 Å². The number of hydrogen-bond acceptors (Lipinski definition) is 5. The first-order valence-electron chi connectivity index (χ1n) is 8.40. The van der Waals surface area contributed by atoms with Gasteiger partial charge in [0.25, 0.3) is 0 Å². The van der Waals surface area contributed by atoms with E-state index in [1.165, 1.54) is 0 Å². The molecule has 0 saturated heterocycles. The summed E-state index contributed by atoms with van der Waals surface area (Å²) in [6.07, 6.45) is 2.26. The molecule has 130 valence electrons. The van der Waals surface area contributed by atoms with Crippen LogP contribution in [0.15, 0.2) is 34.5 Å². The molecule has 0 aromatic heterocycles. The molecule has 0 radical (unpaired) electrons. The lowest BCUT2D eigenvalue weighted by Gasteiger charge is -2.18. The second-order valence-electron chi connectivity index (χ2n) is 5.59. The van der Waals surface area contributed by atoms with Gasteiger partial charge in [-0.3, -0.25) is 9.79 Å². The molecule has 1 aromatic rings. The van der Waals surface area contributed by atoms with E-state index in [0.717, 1.165) is 18.4 Å². The number of nitrogens with zero attached hydrogens (tertiary/aromatic N) is 1. The quantitative estimate of drug-likeness (QED) is 0.638. The van der Waals surface area contributed by atoms with E-state index in [1.54, 1.807) is 7.05 Å². The van der Waals surface area contributed by atoms with Gasteiger partial charge >= 0.3 is 0 Å². The average Bonchev–Trinajstić information content (AvgIpc) is 2.57. The number of rotatable bonds is 6. The van der Waals surface area contributed by atoms with Crippen LogP contribution in [-0.4, -0.2) is 36.9 Å². The van der Waals surface area contributed by atoms with Crippen molar-refractivity contribution in [3.8, 4) is 11.5 Å². The third-order valence-electron chi connectivity index (χ3n) is 3.92. The lowest BCUT2D eigenvalue weighted by Crippen LogP contribution is -2.21. The number of Topliss-reactive ketones (excluding diaryl/α,β-unsaturated/α-hetero) is 1. The first-order chi connectivity index (χ1) is 11.6. The number of aliphatic imine (C=N–C) groups is 1. The standard InChI is InChI=1S/C19H25NO4/c1-4-23-17-10-9-13(12-18(17)24-5-2)11-16(22)19-14(20-3)7-6-8-15(19)21/h9-10,12,22H,4-8,11H2,1-3H3. The van der Waals surface area contributed by atoms with Gasteiger partial charge in [0, 0.05) is 25.6 Å². The molecule has 0 spiro atoms. The predicted octanol–water partition coefficient (Wildman–Crippen LogP) is 3.66. The molecule has 5 heteroatoms.